The highest BCUT2D eigenvalue weighted by atomic mass is 32.2. The molecule has 2 aliphatic heterocycles. The molecule has 6 heteroatoms. The molecule has 0 saturated carbocycles. The van der Waals surface area contributed by atoms with Crippen LogP contribution in [0.15, 0.2) is 48.5 Å². The Bertz CT molecular complexity index is 795. The van der Waals surface area contributed by atoms with Crippen molar-refractivity contribution in [1.82, 2.24) is 4.90 Å². The lowest BCUT2D eigenvalue weighted by Gasteiger charge is -2.45. The first-order chi connectivity index (χ1) is 14.7. The molecule has 0 bridgehead atoms. The molecule has 4 nitrogen and oxygen atoms in total. The molecule has 2 aromatic carbocycles. The number of para-hydroxylation sites is 1. The summed E-state index contributed by atoms with van der Waals surface area (Å²) in [5.41, 5.74) is 9.30. The minimum absolute atomic E-state index is 0.0672. The van der Waals surface area contributed by atoms with Crippen LogP contribution in [0.3, 0.4) is 0 Å². The summed E-state index contributed by atoms with van der Waals surface area (Å²) >= 11 is 1.84. The van der Waals surface area contributed by atoms with Gasteiger partial charge in [0.25, 0.3) is 0 Å². The largest absolute Gasteiger partial charge is 0.494 e. The molecule has 2 heterocycles. The molecule has 2 aromatic rings. The average molecular weight is 430 g/mol. The number of hydrogen-bond donors (Lipinski definition) is 1. The van der Waals surface area contributed by atoms with Crippen molar-refractivity contribution in [2.45, 2.75) is 49.4 Å². The smallest absolute Gasteiger partial charge is 0.126 e. The minimum Gasteiger partial charge on any atom is -0.494 e. The zero-order chi connectivity index (χ0) is 20.8. The number of nitrogens with zero attached hydrogens (tertiary/aromatic N) is 2. The summed E-state index contributed by atoms with van der Waals surface area (Å²) < 4.78 is 18.6. The fourth-order valence-corrected chi connectivity index (χ4v) is 5.48. The number of halogens is 1. The van der Waals surface area contributed by atoms with Crippen molar-refractivity contribution in [2.75, 3.05) is 31.1 Å². The molecular weight excluding hydrogens is 397 g/mol. The van der Waals surface area contributed by atoms with Gasteiger partial charge in [-0.15, -0.1) is 11.8 Å². The lowest BCUT2D eigenvalue weighted by Crippen LogP contribution is -2.52. The number of nitrogens with two attached hydrogens (primary N) is 1. The first-order valence-electron chi connectivity index (χ1n) is 11.0. The second-order valence-corrected chi connectivity index (χ2v) is 9.28. The normalized spacial score (nSPS) is 20.2. The highest BCUT2D eigenvalue weighted by Crippen LogP contribution is 2.37. The van der Waals surface area contributed by atoms with E-state index in [1.54, 1.807) is 12.1 Å². The van der Waals surface area contributed by atoms with Crippen LogP contribution >= 0.6 is 11.8 Å². The first-order valence-corrected chi connectivity index (χ1v) is 12.1. The summed E-state index contributed by atoms with van der Waals surface area (Å²) in [6, 6.07) is 15.5. The Morgan fingerprint density at radius 3 is 2.57 bits per heavy atom. The van der Waals surface area contributed by atoms with Gasteiger partial charge < -0.3 is 20.3 Å². The van der Waals surface area contributed by atoms with Crippen LogP contribution in [0.4, 0.5) is 10.1 Å². The predicted octanol–water partition coefficient (Wildman–Crippen LogP) is 4.83. The Kier molecular flexibility index (Phi) is 7.52. The number of fused-ring (bicyclic) bond motifs is 1. The molecule has 0 spiro atoms. The average Bonchev–Trinajstić information content (AvgIpc) is 2.78. The number of anilines is 1. The van der Waals surface area contributed by atoms with Crippen molar-refractivity contribution < 1.29 is 9.13 Å². The van der Waals surface area contributed by atoms with Gasteiger partial charge in [0.1, 0.15) is 17.1 Å². The van der Waals surface area contributed by atoms with Crippen molar-refractivity contribution in [3.05, 3.63) is 59.9 Å². The van der Waals surface area contributed by atoms with Gasteiger partial charge in [-0.3, -0.25) is 0 Å². The van der Waals surface area contributed by atoms with Crippen molar-refractivity contribution in [1.29, 1.82) is 0 Å². The lowest BCUT2D eigenvalue weighted by atomic mass is 10.0. The van der Waals surface area contributed by atoms with Crippen LogP contribution in [0.25, 0.3) is 0 Å². The van der Waals surface area contributed by atoms with Gasteiger partial charge in [0.2, 0.25) is 0 Å². The van der Waals surface area contributed by atoms with E-state index in [1.807, 2.05) is 11.8 Å². The Morgan fingerprint density at radius 1 is 1.00 bits per heavy atom. The highest BCUT2D eigenvalue weighted by Gasteiger charge is 2.32. The molecule has 1 fully saturated rings. The Hall–Kier alpha value is -1.76. The van der Waals surface area contributed by atoms with Gasteiger partial charge in [-0.2, -0.15) is 0 Å². The number of rotatable bonds is 8. The summed E-state index contributed by atoms with van der Waals surface area (Å²) in [4.78, 5) is 5.06. The Labute approximate surface area is 183 Å². The monoisotopic (exact) mass is 429 g/mol. The van der Waals surface area contributed by atoms with Gasteiger partial charge in [0.05, 0.1) is 6.61 Å². The van der Waals surface area contributed by atoms with E-state index < -0.39 is 0 Å². The quantitative estimate of drug-likeness (QED) is 0.609. The van der Waals surface area contributed by atoms with Crippen molar-refractivity contribution in [3.63, 3.8) is 0 Å². The van der Waals surface area contributed by atoms with Crippen LogP contribution in [0.1, 0.15) is 37.7 Å². The van der Waals surface area contributed by atoms with Crippen LogP contribution in [-0.4, -0.2) is 42.7 Å². The standard InChI is InChI=1S/C24H32FN3OS/c25-20-8-10-22(11-9-20)29-17-5-1-4-14-27-15-12-21(13-16-27)28-23-7-3-2-6-19(23)18-30-24(28)26/h2-3,6-11,21,24H,1,4-5,12-18,26H2. The molecule has 4 rings (SSSR count). The second kappa shape index (κ2) is 10.5. The molecule has 1 saturated heterocycles. The highest BCUT2D eigenvalue weighted by molar-refractivity contribution is 7.99. The third-order valence-electron chi connectivity index (χ3n) is 6.11. The molecule has 0 radical (unpaired) electrons. The first kappa shape index (κ1) is 21.5. The molecule has 30 heavy (non-hydrogen) atoms. The van der Waals surface area contributed by atoms with Crippen molar-refractivity contribution >= 4 is 17.4 Å². The number of ether oxygens (including phenoxy) is 1. The van der Waals surface area contributed by atoms with Gasteiger partial charge in [0.15, 0.2) is 0 Å². The van der Waals surface area contributed by atoms with Crippen LogP contribution in [0, 0.1) is 5.82 Å². The van der Waals surface area contributed by atoms with E-state index in [0.29, 0.717) is 12.6 Å². The van der Waals surface area contributed by atoms with Gasteiger partial charge in [-0.05, 0) is 74.5 Å². The van der Waals surface area contributed by atoms with E-state index in [2.05, 4.69) is 34.1 Å². The lowest BCUT2D eigenvalue weighted by molar-refractivity contribution is 0.202. The molecule has 0 amide bonds. The second-order valence-electron chi connectivity index (χ2n) is 8.17. The third kappa shape index (κ3) is 5.48. The maximum atomic E-state index is 12.9. The number of unbranched alkanes of at least 4 members (excludes halogenated alkanes) is 2. The molecular formula is C24H32FN3OS. The zero-order valence-corrected chi connectivity index (χ0v) is 18.3. The molecule has 0 aromatic heterocycles. The van der Waals surface area contributed by atoms with Gasteiger partial charge >= 0.3 is 0 Å². The summed E-state index contributed by atoms with van der Waals surface area (Å²) in [7, 11) is 0. The fraction of sp³-hybridized carbons (Fsp3) is 0.500. The van der Waals surface area contributed by atoms with E-state index in [9.17, 15) is 4.39 Å². The summed E-state index contributed by atoms with van der Waals surface area (Å²) in [5.74, 6) is 1.53. The van der Waals surface area contributed by atoms with E-state index in [0.717, 1.165) is 44.0 Å². The van der Waals surface area contributed by atoms with Gasteiger partial charge in [0, 0.05) is 30.6 Å². The summed E-state index contributed by atoms with van der Waals surface area (Å²) in [6.07, 6.45) is 5.73. The number of hydrogen-bond acceptors (Lipinski definition) is 5. The van der Waals surface area contributed by atoms with Gasteiger partial charge in [-0.25, -0.2) is 4.39 Å². The molecule has 2 aliphatic rings. The van der Waals surface area contributed by atoms with Crippen LogP contribution in [0.2, 0.25) is 0 Å². The Balaban J connectivity index is 1.15. The Morgan fingerprint density at radius 2 is 1.77 bits per heavy atom. The molecule has 1 atom stereocenters. The van der Waals surface area contributed by atoms with E-state index >= 15 is 0 Å². The SMILES string of the molecule is NC1SCc2ccccc2N1C1CCN(CCCCCOc2ccc(F)cc2)CC1. The number of likely N-dealkylation sites (tertiary alicyclic amines) is 1. The maximum Gasteiger partial charge on any atom is 0.126 e. The summed E-state index contributed by atoms with van der Waals surface area (Å²) in [6.45, 7) is 4.14. The third-order valence-corrected chi connectivity index (χ3v) is 7.15. The van der Waals surface area contributed by atoms with Gasteiger partial charge in [-0.1, -0.05) is 18.2 Å². The molecule has 1 unspecified atom stereocenters. The minimum atomic E-state index is -0.226. The number of piperidine rings is 1. The van der Waals surface area contributed by atoms with Crippen LogP contribution in [-0.2, 0) is 5.75 Å². The topological polar surface area (TPSA) is 41.7 Å². The van der Waals surface area contributed by atoms with Crippen molar-refractivity contribution in [3.8, 4) is 5.75 Å². The van der Waals surface area contributed by atoms with E-state index in [1.165, 1.54) is 42.6 Å². The summed E-state index contributed by atoms with van der Waals surface area (Å²) in [5, 5.41) is 0. The molecule has 0 aliphatic carbocycles. The van der Waals surface area contributed by atoms with Crippen molar-refractivity contribution in [2.24, 2.45) is 5.73 Å². The van der Waals surface area contributed by atoms with Crippen LogP contribution in [0.5, 0.6) is 5.75 Å². The fourth-order valence-electron chi connectivity index (χ4n) is 4.44. The predicted molar refractivity (Wildman–Crippen MR) is 123 cm³/mol. The zero-order valence-electron chi connectivity index (χ0n) is 17.5. The number of benzene rings is 2. The molecule has 2 N–H and O–H groups in total. The molecule has 162 valence electrons. The maximum absolute atomic E-state index is 12.9. The van der Waals surface area contributed by atoms with Crippen LogP contribution < -0.4 is 15.4 Å². The number of thioether (sulfide) groups is 1. The van der Waals surface area contributed by atoms with E-state index in [4.69, 9.17) is 10.5 Å². The van der Waals surface area contributed by atoms with E-state index in [-0.39, 0.29) is 11.3 Å².